The lowest BCUT2D eigenvalue weighted by Crippen LogP contribution is -2.33. The average Bonchev–Trinajstić information content (AvgIpc) is 2.51. The zero-order valence-corrected chi connectivity index (χ0v) is 10.1. The van der Waals surface area contributed by atoms with Gasteiger partial charge in [-0.05, 0) is 20.3 Å². The van der Waals surface area contributed by atoms with Crippen molar-refractivity contribution in [3.8, 4) is 0 Å². The molecule has 1 heterocycles. The summed E-state index contributed by atoms with van der Waals surface area (Å²) in [6.45, 7) is 3.60. The molecule has 0 aliphatic heterocycles. The van der Waals surface area contributed by atoms with Crippen molar-refractivity contribution in [2.45, 2.75) is 36.6 Å². The average molecular weight is 252 g/mol. The van der Waals surface area contributed by atoms with Gasteiger partial charge in [-0.3, -0.25) is 5.10 Å². The summed E-state index contributed by atoms with van der Waals surface area (Å²) in [6, 6.07) is -0.197. The van der Waals surface area contributed by atoms with Crippen molar-refractivity contribution in [2.75, 3.05) is 0 Å². The van der Waals surface area contributed by atoms with E-state index < -0.39 is 10.0 Å². The molecule has 1 rings (SSSR count). The van der Waals surface area contributed by atoms with Crippen molar-refractivity contribution in [2.24, 2.45) is 0 Å². The first-order valence-electron chi connectivity index (χ1n) is 4.57. The predicted molar refractivity (Wildman–Crippen MR) is 58.3 cm³/mol. The number of nitrogens with zero attached hydrogens (tertiary/aromatic N) is 1. The number of sulfonamides is 1. The molecule has 0 aliphatic rings. The van der Waals surface area contributed by atoms with Crippen LogP contribution in [-0.2, 0) is 10.0 Å². The van der Waals surface area contributed by atoms with E-state index in [1.807, 2.05) is 6.92 Å². The van der Waals surface area contributed by atoms with Crippen LogP contribution in [-0.4, -0.2) is 30.0 Å². The lowest BCUT2D eigenvalue weighted by molar-refractivity contribution is 0.545. The van der Waals surface area contributed by atoms with Gasteiger partial charge in [0.05, 0.1) is 6.20 Å². The molecule has 0 aromatic carbocycles. The number of hydrogen-bond donors (Lipinski definition) is 2. The van der Waals surface area contributed by atoms with Crippen LogP contribution in [0.5, 0.6) is 0 Å². The number of alkyl halides is 1. The van der Waals surface area contributed by atoms with Crippen molar-refractivity contribution >= 4 is 21.6 Å². The van der Waals surface area contributed by atoms with Gasteiger partial charge >= 0.3 is 0 Å². The molecule has 0 radical (unpaired) electrons. The molecule has 0 spiro atoms. The SMILES string of the molecule is CC(Cl)CC(C)NS(=O)(=O)c1cn[nH]c1. The van der Waals surface area contributed by atoms with Gasteiger partial charge in [0.15, 0.2) is 0 Å². The summed E-state index contributed by atoms with van der Waals surface area (Å²) < 4.78 is 25.9. The molecule has 2 unspecified atom stereocenters. The molecule has 1 aromatic rings. The first-order chi connectivity index (χ1) is 6.92. The van der Waals surface area contributed by atoms with Crippen LogP contribution in [0.1, 0.15) is 20.3 Å². The molecular formula is C8H14ClN3O2S. The molecule has 1 aromatic heterocycles. The zero-order valence-electron chi connectivity index (χ0n) is 8.57. The van der Waals surface area contributed by atoms with Crippen molar-refractivity contribution in [1.29, 1.82) is 0 Å². The van der Waals surface area contributed by atoms with Crippen LogP contribution in [0.4, 0.5) is 0 Å². The second-order valence-corrected chi connectivity index (χ2v) is 5.93. The fourth-order valence-corrected chi connectivity index (χ4v) is 2.68. The maximum absolute atomic E-state index is 11.7. The molecule has 86 valence electrons. The summed E-state index contributed by atoms with van der Waals surface area (Å²) in [4.78, 5) is 0.136. The molecule has 15 heavy (non-hydrogen) atoms. The minimum absolute atomic E-state index is 0.0629. The minimum atomic E-state index is -3.46. The van der Waals surface area contributed by atoms with Crippen LogP contribution in [0.3, 0.4) is 0 Å². The highest BCUT2D eigenvalue weighted by molar-refractivity contribution is 7.89. The third kappa shape index (κ3) is 3.81. The van der Waals surface area contributed by atoms with Crippen molar-refractivity contribution in [3.63, 3.8) is 0 Å². The van der Waals surface area contributed by atoms with E-state index >= 15 is 0 Å². The summed E-state index contributed by atoms with van der Waals surface area (Å²) in [6.07, 6.45) is 3.18. The monoisotopic (exact) mass is 251 g/mol. The van der Waals surface area contributed by atoms with Gasteiger partial charge in [-0.2, -0.15) is 5.10 Å². The number of H-pyrrole nitrogens is 1. The van der Waals surface area contributed by atoms with Crippen molar-refractivity contribution < 1.29 is 8.42 Å². The van der Waals surface area contributed by atoms with Crippen LogP contribution in [0.15, 0.2) is 17.3 Å². The van der Waals surface area contributed by atoms with E-state index in [0.29, 0.717) is 6.42 Å². The normalized spacial score (nSPS) is 16.2. The van der Waals surface area contributed by atoms with Crippen LogP contribution >= 0.6 is 11.6 Å². The molecular weight excluding hydrogens is 238 g/mol. The van der Waals surface area contributed by atoms with E-state index in [4.69, 9.17) is 11.6 Å². The Bertz CT molecular complexity index is 388. The van der Waals surface area contributed by atoms with Gasteiger partial charge in [-0.25, -0.2) is 13.1 Å². The van der Waals surface area contributed by atoms with Crippen LogP contribution in [0.25, 0.3) is 0 Å². The van der Waals surface area contributed by atoms with Gasteiger partial charge in [-0.1, -0.05) is 0 Å². The molecule has 0 aliphatic carbocycles. The Kier molecular flexibility index (Phi) is 4.12. The number of rotatable bonds is 5. The summed E-state index contributed by atoms with van der Waals surface area (Å²) in [5.41, 5.74) is 0. The van der Waals surface area contributed by atoms with E-state index in [2.05, 4.69) is 14.9 Å². The number of aromatic nitrogens is 2. The standard InChI is InChI=1S/C8H14ClN3O2S/c1-6(9)3-7(2)12-15(13,14)8-4-10-11-5-8/h4-7,12H,3H2,1-2H3,(H,10,11). The third-order valence-electron chi connectivity index (χ3n) is 1.82. The van der Waals surface area contributed by atoms with E-state index in [-0.39, 0.29) is 16.3 Å². The number of hydrogen-bond acceptors (Lipinski definition) is 3. The molecule has 2 N–H and O–H groups in total. The van der Waals surface area contributed by atoms with Gasteiger partial charge in [0, 0.05) is 17.6 Å². The summed E-state index contributed by atoms with van der Waals surface area (Å²) >= 11 is 5.77. The summed E-state index contributed by atoms with van der Waals surface area (Å²) in [5, 5.41) is 5.98. The van der Waals surface area contributed by atoms with Gasteiger partial charge in [0.1, 0.15) is 4.90 Å². The lowest BCUT2D eigenvalue weighted by atomic mass is 10.2. The molecule has 0 fully saturated rings. The Balaban J connectivity index is 2.66. The first kappa shape index (κ1) is 12.5. The topological polar surface area (TPSA) is 74.8 Å². The Morgan fingerprint density at radius 1 is 1.60 bits per heavy atom. The van der Waals surface area contributed by atoms with Gasteiger partial charge in [0.25, 0.3) is 0 Å². The van der Waals surface area contributed by atoms with E-state index in [0.717, 1.165) is 0 Å². The van der Waals surface area contributed by atoms with Crippen LogP contribution < -0.4 is 4.72 Å². The Morgan fingerprint density at radius 3 is 2.73 bits per heavy atom. The zero-order chi connectivity index (χ0) is 11.5. The minimum Gasteiger partial charge on any atom is -0.284 e. The highest BCUT2D eigenvalue weighted by Gasteiger charge is 2.18. The number of halogens is 1. The molecule has 5 nitrogen and oxygen atoms in total. The second kappa shape index (κ2) is 4.96. The van der Waals surface area contributed by atoms with Gasteiger partial charge in [0.2, 0.25) is 10.0 Å². The molecule has 2 atom stereocenters. The van der Waals surface area contributed by atoms with E-state index in [1.165, 1.54) is 12.4 Å². The van der Waals surface area contributed by atoms with E-state index in [9.17, 15) is 8.42 Å². The third-order valence-corrected chi connectivity index (χ3v) is 3.55. The van der Waals surface area contributed by atoms with E-state index in [1.54, 1.807) is 6.92 Å². The maximum Gasteiger partial charge on any atom is 0.243 e. The smallest absolute Gasteiger partial charge is 0.243 e. The number of nitrogens with one attached hydrogen (secondary N) is 2. The lowest BCUT2D eigenvalue weighted by Gasteiger charge is -2.14. The summed E-state index contributed by atoms with van der Waals surface area (Å²) in [5.74, 6) is 0. The second-order valence-electron chi connectivity index (χ2n) is 3.47. The molecule has 0 bridgehead atoms. The van der Waals surface area contributed by atoms with Crippen molar-refractivity contribution in [1.82, 2.24) is 14.9 Å². The summed E-state index contributed by atoms with van der Waals surface area (Å²) in [7, 11) is -3.46. The highest BCUT2D eigenvalue weighted by atomic mass is 35.5. The molecule has 0 saturated carbocycles. The predicted octanol–water partition coefficient (Wildman–Crippen LogP) is 1.09. The largest absolute Gasteiger partial charge is 0.284 e. The van der Waals surface area contributed by atoms with Crippen LogP contribution in [0, 0.1) is 0 Å². The fraction of sp³-hybridized carbons (Fsp3) is 0.625. The Hall–Kier alpha value is -0.590. The fourth-order valence-electron chi connectivity index (χ4n) is 1.25. The molecule has 0 amide bonds. The van der Waals surface area contributed by atoms with Gasteiger partial charge in [-0.15, -0.1) is 11.6 Å². The Labute approximate surface area is 94.3 Å². The Morgan fingerprint density at radius 2 is 2.27 bits per heavy atom. The quantitative estimate of drug-likeness (QED) is 0.770. The first-order valence-corrected chi connectivity index (χ1v) is 6.49. The molecule has 0 saturated heterocycles. The van der Waals surface area contributed by atoms with Crippen molar-refractivity contribution in [3.05, 3.63) is 12.4 Å². The number of aromatic amines is 1. The van der Waals surface area contributed by atoms with Crippen LogP contribution in [0.2, 0.25) is 0 Å². The molecule has 7 heteroatoms. The maximum atomic E-state index is 11.7. The highest BCUT2D eigenvalue weighted by Crippen LogP contribution is 2.09. The van der Waals surface area contributed by atoms with Gasteiger partial charge < -0.3 is 0 Å².